The quantitative estimate of drug-likeness (QED) is 0.0435. The molecule has 6 aromatic heterocycles. The highest BCUT2D eigenvalue weighted by Gasteiger charge is 2.44. The van der Waals surface area contributed by atoms with Crippen LogP contribution in [0.4, 0.5) is 82.2 Å². The van der Waals surface area contributed by atoms with Crippen molar-refractivity contribution in [2.75, 3.05) is 82.2 Å². The maximum absolute atomic E-state index is 14.0. The normalized spacial score (nSPS) is 13.6. The van der Waals surface area contributed by atoms with E-state index in [4.69, 9.17) is 18.9 Å². The molecule has 9 aromatic rings. The Morgan fingerprint density at radius 1 is 0.529 bits per heavy atom. The number of carbonyl (C=O) groups is 3. The highest BCUT2D eigenvalue weighted by molar-refractivity contribution is 5.96. The Balaban J connectivity index is 0.000000142. The van der Waals surface area contributed by atoms with Gasteiger partial charge in [-0.05, 0) is 30.7 Å². The van der Waals surface area contributed by atoms with Crippen molar-refractivity contribution in [3.8, 4) is 34.5 Å². The van der Waals surface area contributed by atoms with Gasteiger partial charge in [0.05, 0.1) is 35.7 Å². The van der Waals surface area contributed by atoms with Crippen LogP contribution in [0.5, 0.6) is 34.5 Å². The summed E-state index contributed by atoms with van der Waals surface area (Å²) in [6.07, 6.45) is 2.70. The summed E-state index contributed by atoms with van der Waals surface area (Å²) in [5.41, 5.74) is 4.22. The fourth-order valence-electron chi connectivity index (χ4n) is 8.82. The number of alkyl halides is 2. The van der Waals surface area contributed by atoms with Gasteiger partial charge in [0.25, 0.3) is 0 Å². The summed E-state index contributed by atoms with van der Waals surface area (Å²) in [4.78, 5) is 49.2. The Bertz CT molecular complexity index is 3830. The number of hydrogen-bond donors (Lipinski definition) is 9. The van der Waals surface area contributed by atoms with Crippen molar-refractivity contribution >= 4 is 104 Å². The first-order chi connectivity index (χ1) is 40.9. The first kappa shape index (κ1) is 57.6. The lowest BCUT2D eigenvalue weighted by atomic mass is 10.2. The van der Waals surface area contributed by atoms with Gasteiger partial charge in [0.1, 0.15) is 71.0 Å². The third-order valence-corrected chi connectivity index (χ3v) is 12.6. The maximum atomic E-state index is 14.0. The minimum Gasteiger partial charge on any atom is -0.486 e. The van der Waals surface area contributed by atoms with E-state index in [0.29, 0.717) is 124 Å². The minimum atomic E-state index is -3.73. The van der Waals surface area contributed by atoms with Crippen molar-refractivity contribution in [3.63, 3.8) is 0 Å². The molecule has 3 amide bonds. The van der Waals surface area contributed by atoms with Gasteiger partial charge in [-0.15, -0.1) is 8.78 Å². The van der Waals surface area contributed by atoms with Crippen LogP contribution < -0.4 is 76.3 Å². The third kappa shape index (κ3) is 12.6. The van der Waals surface area contributed by atoms with E-state index >= 15 is 0 Å². The molecule has 0 fully saturated rings. The Morgan fingerprint density at radius 2 is 0.976 bits per heavy atom. The van der Waals surface area contributed by atoms with E-state index in [-0.39, 0.29) is 34.9 Å². The van der Waals surface area contributed by atoms with E-state index in [0.717, 1.165) is 17.9 Å². The molecule has 0 atom stereocenters. The van der Waals surface area contributed by atoms with Gasteiger partial charge >= 0.3 is 6.29 Å². The molecule has 30 heteroatoms. The number of para-hydroxylation sites is 2. The van der Waals surface area contributed by atoms with E-state index in [9.17, 15) is 27.6 Å². The smallest absolute Gasteiger partial charge is 0.486 e. The number of anilines is 12. The second kappa shape index (κ2) is 24.0. The van der Waals surface area contributed by atoms with Crippen LogP contribution in [0.25, 0.3) is 16.9 Å². The molecule has 3 aromatic carbocycles. The number of carbonyl (C=O) groups excluding carboxylic acids is 3. The van der Waals surface area contributed by atoms with E-state index in [1.165, 1.54) is 28.9 Å². The van der Waals surface area contributed by atoms with Crippen LogP contribution in [0.2, 0.25) is 0 Å². The average Bonchev–Trinajstić information content (AvgIpc) is 3.89. The highest BCUT2D eigenvalue weighted by atomic mass is 19.3. The molecule has 27 nitrogen and oxygen atoms in total. The Labute approximate surface area is 482 Å². The second-order valence-corrected chi connectivity index (χ2v) is 19.2. The van der Waals surface area contributed by atoms with Crippen molar-refractivity contribution < 1.29 is 56.0 Å². The molecule has 444 valence electrons. The molecule has 0 bridgehead atoms. The summed E-state index contributed by atoms with van der Waals surface area (Å²) in [6, 6.07) is 17.9. The number of benzene rings is 3. The van der Waals surface area contributed by atoms with Crippen molar-refractivity contribution in [2.45, 2.75) is 72.4 Å². The molecule has 3 aliphatic heterocycles. The molecule has 9 N–H and O–H groups in total. The van der Waals surface area contributed by atoms with Crippen molar-refractivity contribution in [1.29, 1.82) is 0 Å². The predicted octanol–water partition coefficient (Wildman–Crippen LogP) is 9.72. The molecule has 0 saturated carbocycles. The molecule has 0 radical (unpaired) electrons. The van der Waals surface area contributed by atoms with Gasteiger partial charge in [0, 0.05) is 84.6 Å². The Hall–Kier alpha value is -10.7. The fraction of sp³-hybridized carbons (Fsp3) is 0.291. The molecule has 3 aliphatic rings. The number of nitrogens with one attached hydrogen (secondary N) is 9. The number of nitrogens with zero attached hydrogens (tertiary/aromatic N) is 9. The van der Waals surface area contributed by atoms with Crippen LogP contribution in [0, 0.1) is 5.82 Å². The lowest BCUT2D eigenvalue weighted by Gasteiger charge is -2.21. The van der Waals surface area contributed by atoms with Crippen LogP contribution in [0.15, 0.2) is 85.3 Å². The number of ether oxygens (including phenoxy) is 6. The van der Waals surface area contributed by atoms with Gasteiger partial charge in [0.15, 0.2) is 51.4 Å². The first-order valence-electron chi connectivity index (χ1n) is 26.8. The van der Waals surface area contributed by atoms with Crippen molar-refractivity contribution in [2.24, 2.45) is 0 Å². The minimum absolute atomic E-state index is 0.0785. The number of aromatic nitrogens is 9. The summed E-state index contributed by atoms with van der Waals surface area (Å²) in [6.45, 7) is 9.90. The topological polar surface area (TPSA) is 305 Å². The second-order valence-electron chi connectivity index (χ2n) is 19.2. The number of hydrogen-bond acceptors (Lipinski definition) is 21. The summed E-state index contributed by atoms with van der Waals surface area (Å²) >= 11 is 0. The summed E-state index contributed by atoms with van der Waals surface area (Å²) < 4.78 is 77.4. The number of fused-ring (bicyclic) bond motifs is 6. The zero-order chi connectivity index (χ0) is 60.2. The average molecular weight is 1170 g/mol. The van der Waals surface area contributed by atoms with Gasteiger partial charge in [-0.1, -0.05) is 32.9 Å². The SMILES string of the molecule is CCC(=O)Nc1cnn2c(NC)cc(Nc3cccc4c3OC(C)(C)O4)nc12.CCC(=O)Nc1cnn2c(NC)cc(Nc3cccc4c3OC(F)(F)O4)nc12.CCCC(=O)Nc1cnn2c(NC)cc(Nc3cc(F)cc4c3OCCO4)nc12. The predicted molar refractivity (Wildman–Crippen MR) is 311 cm³/mol. The van der Waals surface area contributed by atoms with Crippen molar-refractivity contribution in [3.05, 3.63) is 91.1 Å². The highest BCUT2D eigenvalue weighted by Crippen LogP contribution is 2.48. The van der Waals surface area contributed by atoms with Crippen LogP contribution >= 0.6 is 0 Å². The summed E-state index contributed by atoms with van der Waals surface area (Å²) in [7, 11) is 5.24. The number of halogens is 3. The van der Waals surface area contributed by atoms with Gasteiger partial charge < -0.3 is 76.3 Å². The van der Waals surface area contributed by atoms with Crippen LogP contribution in [0.3, 0.4) is 0 Å². The van der Waals surface area contributed by atoms with Gasteiger partial charge in [-0.2, -0.15) is 28.8 Å². The molecule has 85 heavy (non-hydrogen) atoms. The van der Waals surface area contributed by atoms with Gasteiger partial charge in [-0.3, -0.25) is 14.4 Å². The molecular formula is C55H59F3N18O9. The Morgan fingerprint density at radius 3 is 1.45 bits per heavy atom. The number of amides is 3. The van der Waals surface area contributed by atoms with Crippen molar-refractivity contribution in [1.82, 2.24) is 43.8 Å². The van der Waals surface area contributed by atoms with Crippen LogP contribution in [-0.2, 0) is 14.4 Å². The Kier molecular flexibility index (Phi) is 16.3. The molecular weight excluding hydrogens is 1110 g/mol. The standard InChI is InChI=1S/C19H21FN6O3.C19H22N6O3.C17H16F2N6O3/c1-3-4-17(27)24-13-10-22-26-16(21-2)9-15(25-19(13)26)23-12-7-11(20)8-14-18(12)29-6-5-28-14;1-5-16(26)23-12-10-21-25-15(20-4)9-14(24-18(12)25)22-11-7-6-8-13-17(11)28-19(2,3)27-13;1-3-14(26)23-10-8-21-25-13(20-2)7-12(24-16(10)25)22-9-5-4-6-11-15(9)28-17(18,19)27-11/h7-10,21H,3-6H2,1-2H3,(H,23,25)(H,24,27);6-10,20H,5H2,1-4H3,(H,22,24)(H,23,26);4-8,20H,3H2,1-2H3,(H,22,24)(H,23,26). The van der Waals surface area contributed by atoms with E-state index < -0.39 is 17.9 Å². The molecule has 9 heterocycles. The molecule has 0 saturated heterocycles. The van der Waals surface area contributed by atoms with Gasteiger partial charge in [-0.25, -0.2) is 19.3 Å². The zero-order valence-corrected chi connectivity index (χ0v) is 47.2. The van der Waals surface area contributed by atoms with E-state index in [1.54, 1.807) is 80.7 Å². The largest absolute Gasteiger partial charge is 0.586 e. The molecule has 0 aliphatic carbocycles. The maximum Gasteiger partial charge on any atom is 0.586 e. The fourth-order valence-corrected chi connectivity index (χ4v) is 8.82. The van der Waals surface area contributed by atoms with E-state index in [1.807, 2.05) is 45.0 Å². The summed E-state index contributed by atoms with van der Waals surface area (Å²) in [5, 5.41) is 39.6. The van der Waals surface area contributed by atoms with Gasteiger partial charge in [0.2, 0.25) is 23.5 Å². The summed E-state index contributed by atoms with van der Waals surface area (Å²) in [5.74, 6) is 3.54. The first-order valence-corrected chi connectivity index (χ1v) is 26.8. The molecule has 0 spiro atoms. The van der Waals surface area contributed by atoms with Crippen LogP contribution in [-0.4, -0.2) is 108 Å². The lowest BCUT2D eigenvalue weighted by Crippen LogP contribution is -2.29. The molecule has 0 unspecified atom stereocenters. The zero-order valence-electron chi connectivity index (χ0n) is 47.2. The van der Waals surface area contributed by atoms with E-state index in [2.05, 4.69) is 87.6 Å². The monoisotopic (exact) mass is 1170 g/mol. The third-order valence-electron chi connectivity index (χ3n) is 12.6. The lowest BCUT2D eigenvalue weighted by molar-refractivity contribution is -0.286. The molecule has 12 rings (SSSR count). The number of rotatable bonds is 16. The van der Waals surface area contributed by atoms with Crippen LogP contribution in [0.1, 0.15) is 60.3 Å².